The molecular formula is C38H52N8O6. The van der Waals surface area contributed by atoms with E-state index in [1.807, 2.05) is 86.0 Å². The molecule has 1 N–H and O–H groups in total. The fraction of sp³-hybridized carbons (Fsp3) is 0.553. The van der Waals surface area contributed by atoms with Gasteiger partial charge in [0.15, 0.2) is 0 Å². The molecule has 14 nitrogen and oxygen atoms in total. The smallest absolute Gasteiger partial charge is 0.415 e. The molecule has 0 spiro atoms. The van der Waals surface area contributed by atoms with Gasteiger partial charge < -0.3 is 29.2 Å². The van der Waals surface area contributed by atoms with E-state index < -0.39 is 17.3 Å². The van der Waals surface area contributed by atoms with E-state index in [0.29, 0.717) is 57.0 Å². The summed E-state index contributed by atoms with van der Waals surface area (Å²) in [5.41, 5.74) is 5.72. The van der Waals surface area contributed by atoms with Crippen LogP contribution in [-0.2, 0) is 27.2 Å². The van der Waals surface area contributed by atoms with Crippen molar-refractivity contribution in [3.8, 4) is 5.88 Å². The number of carbonyl (C=O) groups is 2. The standard InChI is InChI=1S/C38H52N8O6/c1-25-21-28(9-10-30(25)45(35(47)51-37(3,4)5)14-13-43-15-18-49-19-16-43)41-34-40-22-27-11-12-44(24-29(27)42-34)31-23-39-33-32(26(31)2)46(17-20-50-33)36(48)52-38(6,7)8/h9-10,21-23H,11-20,24H2,1-8H3,(H,40,41,42). The van der Waals surface area contributed by atoms with Crippen LogP contribution in [0.25, 0.3) is 0 Å². The summed E-state index contributed by atoms with van der Waals surface area (Å²) in [6.45, 7) is 21.5. The summed E-state index contributed by atoms with van der Waals surface area (Å²) in [5.74, 6) is 0.908. The molecule has 52 heavy (non-hydrogen) atoms. The lowest BCUT2D eigenvalue weighted by molar-refractivity contribution is 0.0375. The van der Waals surface area contributed by atoms with Gasteiger partial charge in [0.1, 0.15) is 23.5 Å². The molecule has 0 atom stereocenters. The maximum absolute atomic E-state index is 13.4. The van der Waals surface area contributed by atoms with Gasteiger partial charge in [-0.15, -0.1) is 0 Å². The number of rotatable bonds is 7. The zero-order valence-corrected chi connectivity index (χ0v) is 31.7. The highest BCUT2D eigenvalue weighted by Gasteiger charge is 2.33. The second kappa shape index (κ2) is 15.1. The van der Waals surface area contributed by atoms with Crippen LogP contribution in [0.1, 0.15) is 63.9 Å². The largest absolute Gasteiger partial charge is 0.474 e. The molecule has 2 amide bonds. The molecule has 6 rings (SSSR count). The highest BCUT2D eigenvalue weighted by Crippen LogP contribution is 2.40. The maximum atomic E-state index is 13.4. The molecule has 1 aromatic carbocycles. The van der Waals surface area contributed by atoms with Crippen LogP contribution in [0.2, 0.25) is 0 Å². The minimum atomic E-state index is -0.624. The lowest BCUT2D eigenvalue weighted by Crippen LogP contribution is -2.44. The molecule has 3 aliphatic rings. The number of pyridine rings is 1. The predicted octanol–water partition coefficient (Wildman–Crippen LogP) is 6.00. The van der Waals surface area contributed by atoms with E-state index in [1.165, 1.54) is 0 Å². The summed E-state index contributed by atoms with van der Waals surface area (Å²) in [6.07, 6.45) is 3.66. The average molecular weight is 717 g/mol. The van der Waals surface area contributed by atoms with Crippen LogP contribution in [0.3, 0.4) is 0 Å². The summed E-state index contributed by atoms with van der Waals surface area (Å²) in [5, 5.41) is 3.37. The third kappa shape index (κ3) is 8.84. The van der Waals surface area contributed by atoms with Crippen LogP contribution < -0.4 is 24.8 Å². The minimum Gasteiger partial charge on any atom is -0.474 e. The number of fused-ring (bicyclic) bond motifs is 2. The first-order chi connectivity index (χ1) is 24.6. The van der Waals surface area contributed by atoms with Gasteiger partial charge in [-0.2, -0.15) is 0 Å². The summed E-state index contributed by atoms with van der Waals surface area (Å²) < 4.78 is 22.9. The molecule has 0 aliphatic carbocycles. The van der Waals surface area contributed by atoms with E-state index in [2.05, 4.69) is 25.1 Å². The van der Waals surface area contributed by atoms with Crippen LogP contribution in [0.15, 0.2) is 30.6 Å². The second-order valence-electron chi connectivity index (χ2n) is 15.5. The number of aromatic nitrogens is 3. The second-order valence-corrected chi connectivity index (χ2v) is 15.5. The molecule has 14 heteroatoms. The molecule has 3 aliphatic heterocycles. The van der Waals surface area contributed by atoms with E-state index in [9.17, 15) is 9.59 Å². The van der Waals surface area contributed by atoms with Crippen molar-refractivity contribution in [2.45, 2.75) is 79.6 Å². The number of ether oxygens (including phenoxy) is 4. The Labute approximate surface area is 306 Å². The van der Waals surface area contributed by atoms with Crippen molar-refractivity contribution in [1.29, 1.82) is 0 Å². The molecule has 0 radical (unpaired) electrons. The number of nitrogens with one attached hydrogen (secondary N) is 1. The Hall–Kier alpha value is -4.69. The van der Waals surface area contributed by atoms with E-state index >= 15 is 0 Å². The monoisotopic (exact) mass is 716 g/mol. The van der Waals surface area contributed by atoms with Gasteiger partial charge in [-0.25, -0.2) is 24.5 Å². The maximum Gasteiger partial charge on any atom is 0.415 e. The van der Waals surface area contributed by atoms with Crippen molar-refractivity contribution in [2.24, 2.45) is 0 Å². The van der Waals surface area contributed by atoms with Gasteiger partial charge in [0.05, 0.1) is 49.6 Å². The van der Waals surface area contributed by atoms with Gasteiger partial charge in [-0.1, -0.05) is 0 Å². The number of benzene rings is 1. The summed E-state index contributed by atoms with van der Waals surface area (Å²) >= 11 is 0. The fourth-order valence-corrected chi connectivity index (χ4v) is 6.57. The lowest BCUT2D eigenvalue weighted by Gasteiger charge is -2.35. The molecule has 2 aromatic heterocycles. The van der Waals surface area contributed by atoms with E-state index in [1.54, 1.807) is 9.80 Å². The SMILES string of the molecule is Cc1cc(Nc2ncc3c(n2)CN(c2cnc4c(c2C)N(C(=O)OC(C)(C)C)CCO4)CC3)ccc1N(CCN1CCOCC1)C(=O)OC(C)(C)C. The molecule has 0 saturated carbocycles. The number of amides is 2. The third-order valence-corrected chi connectivity index (χ3v) is 9.07. The average Bonchev–Trinajstić information content (AvgIpc) is 3.08. The Morgan fingerprint density at radius 1 is 0.942 bits per heavy atom. The first-order valence-corrected chi connectivity index (χ1v) is 18.1. The molecule has 1 saturated heterocycles. The van der Waals surface area contributed by atoms with Crippen molar-refractivity contribution < 1.29 is 28.5 Å². The molecule has 5 heterocycles. The molecule has 3 aromatic rings. The first-order valence-electron chi connectivity index (χ1n) is 18.1. The van der Waals surface area contributed by atoms with Crippen molar-refractivity contribution in [3.05, 3.63) is 53.0 Å². The lowest BCUT2D eigenvalue weighted by atomic mass is 10.0. The summed E-state index contributed by atoms with van der Waals surface area (Å²) in [7, 11) is 0. The van der Waals surface area contributed by atoms with E-state index in [0.717, 1.165) is 72.0 Å². The zero-order valence-electron chi connectivity index (χ0n) is 31.7. The van der Waals surface area contributed by atoms with Crippen LogP contribution in [0.5, 0.6) is 5.88 Å². The zero-order chi connectivity index (χ0) is 37.2. The van der Waals surface area contributed by atoms with Crippen LogP contribution in [-0.4, -0.2) is 102 Å². The van der Waals surface area contributed by atoms with E-state index in [-0.39, 0.29) is 6.09 Å². The number of morpholine rings is 1. The number of carbonyl (C=O) groups excluding carboxylic acids is 2. The Balaban J connectivity index is 1.18. The molecule has 1 fully saturated rings. The van der Waals surface area contributed by atoms with Gasteiger partial charge in [0, 0.05) is 50.2 Å². The highest BCUT2D eigenvalue weighted by molar-refractivity contribution is 5.92. The van der Waals surface area contributed by atoms with Crippen LogP contribution in [0.4, 0.5) is 38.3 Å². The van der Waals surface area contributed by atoms with Gasteiger partial charge in [0.2, 0.25) is 11.8 Å². The predicted molar refractivity (Wildman–Crippen MR) is 200 cm³/mol. The molecule has 0 bridgehead atoms. The Morgan fingerprint density at radius 2 is 1.69 bits per heavy atom. The van der Waals surface area contributed by atoms with Gasteiger partial charge in [-0.3, -0.25) is 14.7 Å². The van der Waals surface area contributed by atoms with Crippen molar-refractivity contribution in [2.75, 3.05) is 79.1 Å². The number of hydrogen-bond donors (Lipinski definition) is 1. The Bertz CT molecular complexity index is 1780. The fourth-order valence-electron chi connectivity index (χ4n) is 6.57. The highest BCUT2D eigenvalue weighted by atomic mass is 16.6. The molecular weight excluding hydrogens is 664 g/mol. The van der Waals surface area contributed by atoms with Crippen LogP contribution in [0, 0.1) is 13.8 Å². The number of nitrogens with zero attached hydrogens (tertiary/aromatic N) is 7. The van der Waals surface area contributed by atoms with Gasteiger partial charge in [0.25, 0.3) is 0 Å². The topological polar surface area (TPSA) is 135 Å². The first kappa shape index (κ1) is 37.1. The number of hydrogen-bond acceptors (Lipinski definition) is 12. The number of aryl methyl sites for hydroxylation is 1. The normalized spacial score (nSPS) is 16.4. The quantitative estimate of drug-likeness (QED) is 0.307. The molecule has 280 valence electrons. The third-order valence-electron chi connectivity index (χ3n) is 9.07. The molecule has 0 unspecified atom stereocenters. The van der Waals surface area contributed by atoms with Gasteiger partial charge >= 0.3 is 12.2 Å². The van der Waals surface area contributed by atoms with Gasteiger partial charge in [-0.05, 0) is 91.1 Å². The van der Waals surface area contributed by atoms with Crippen molar-refractivity contribution >= 4 is 40.9 Å². The van der Waals surface area contributed by atoms with Crippen LogP contribution >= 0.6 is 0 Å². The number of anilines is 5. The van der Waals surface area contributed by atoms with E-state index in [4.69, 9.17) is 23.9 Å². The van der Waals surface area contributed by atoms with Crippen molar-refractivity contribution in [1.82, 2.24) is 19.9 Å². The summed E-state index contributed by atoms with van der Waals surface area (Å²) in [4.78, 5) is 48.6. The summed E-state index contributed by atoms with van der Waals surface area (Å²) in [6, 6.07) is 5.87. The minimum absolute atomic E-state index is 0.348. The van der Waals surface area contributed by atoms with Crippen molar-refractivity contribution in [3.63, 3.8) is 0 Å². The Kier molecular flexibility index (Phi) is 10.8. The Morgan fingerprint density at radius 3 is 2.40 bits per heavy atom.